The minimum Gasteiger partial charge on any atom is -0.494 e. The van der Waals surface area contributed by atoms with Crippen molar-refractivity contribution in [2.24, 2.45) is 5.92 Å². The number of imide groups is 1. The van der Waals surface area contributed by atoms with Gasteiger partial charge in [-0.3, -0.25) is 19.3 Å². The number of carbonyl (C=O) groups is 4. The first-order valence-electron chi connectivity index (χ1n) is 15.6. The van der Waals surface area contributed by atoms with Crippen molar-refractivity contribution in [2.75, 3.05) is 18.5 Å². The van der Waals surface area contributed by atoms with Crippen molar-refractivity contribution in [3.63, 3.8) is 0 Å². The zero-order valence-electron chi connectivity index (χ0n) is 27.1. The number of nitriles is 1. The number of nitrogens with zero attached hydrogens (tertiary/aromatic N) is 2. The molecule has 1 N–H and O–H groups in total. The van der Waals surface area contributed by atoms with E-state index in [1.807, 2.05) is 63.3 Å². The number of amides is 3. The fourth-order valence-electron chi connectivity index (χ4n) is 5.90. The fraction of sp³-hybridized carbons (Fsp3) is 0.324. The normalized spacial score (nSPS) is 15.6. The van der Waals surface area contributed by atoms with Crippen LogP contribution in [-0.4, -0.2) is 47.8 Å². The third-order valence-electron chi connectivity index (χ3n) is 8.03. The smallest absolute Gasteiger partial charge is 0.329 e. The fourth-order valence-corrected chi connectivity index (χ4v) is 7.15. The lowest BCUT2D eigenvalue weighted by molar-refractivity contribution is -0.151. The van der Waals surface area contributed by atoms with Crippen molar-refractivity contribution < 1.29 is 28.7 Å². The van der Waals surface area contributed by atoms with Crippen LogP contribution in [0.1, 0.15) is 89.7 Å². The second-order valence-electron chi connectivity index (χ2n) is 12.6. The summed E-state index contributed by atoms with van der Waals surface area (Å²) in [4.78, 5) is 54.4. The largest absolute Gasteiger partial charge is 0.494 e. The van der Waals surface area contributed by atoms with E-state index in [2.05, 4.69) is 25.2 Å². The summed E-state index contributed by atoms with van der Waals surface area (Å²) < 4.78 is 10.9. The summed E-state index contributed by atoms with van der Waals surface area (Å²) in [5.41, 5.74) is 3.32. The molecule has 2 heterocycles. The van der Waals surface area contributed by atoms with Crippen molar-refractivity contribution in [3.8, 4) is 11.8 Å². The van der Waals surface area contributed by atoms with E-state index in [1.54, 1.807) is 24.3 Å². The summed E-state index contributed by atoms with van der Waals surface area (Å²) in [7, 11) is 0. The van der Waals surface area contributed by atoms with Crippen molar-refractivity contribution in [1.82, 2.24) is 4.90 Å². The number of esters is 1. The monoisotopic (exact) mass is 651 g/mol. The van der Waals surface area contributed by atoms with Gasteiger partial charge >= 0.3 is 5.97 Å². The minimum absolute atomic E-state index is 0.0431. The molecule has 0 saturated heterocycles. The summed E-state index contributed by atoms with van der Waals surface area (Å²) in [6, 6.07) is 15.3. The van der Waals surface area contributed by atoms with Gasteiger partial charge in [0.2, 0.25) is 0 Å². The van der Waals surface area contributed by atoms with E-state index >= 15 is 0 Å². The Morgan fingerprint density at radius 2 is 1.72 bits per heavy atom. The molecule has 0 radical (unpaired) electrons. The third-order valence-corrected chi connectivity index (χ3v) is 9.52. The lowest BCUT2D eigenvalue weighted by atomic mass is 9.77. The number of nitrogens with one attached hydrogen (secondary N) is 1. The number of ether oxygens (including phenoxy) is 2. The summed E-state index contributed by atoms with van der Waals surface area (Å²) in [5.74, 6) is -1.83. The average Bonchev–Trinajstić information content (AvgIpc) is 3.52. The second kappa shape index (κ2) is 13.8. The Kier molecular flexibility index (Phi) is 9.77. The number of allylic oxidation sites excluding steroid dienone is 2. The summed E-state index contributed by atoms with van der Waals surface area (Å²) in [6.07, 6.45) is 6.96. The third kappa shape index (κ3) is 7.05. The van der Waals surface area contributed by atoms with Crippen molar-refractivity contribution in [1.29, 1.82) is 5.26 Å². The quantitative estimate of drug-likeness (QED) is 0.175. The van der Waals surface area contributed by atoms with Gasteiger partial charge in [0.05, 0.1) is 23.3 Å². The molecule has 3 amide bonds. The van der Waals surface area contributed by atoms with E-state index in [1.165, 1.54) is 11.3 Å². The molecule has 0 saturated carbocycles. The van der Waals surface area contributed by atoms with Crippen LogP contribution in [0.25, 0.3) is 12.2 Å². The van der Waals surface area contributed by atoms with Gasteiger partial charge in [-0.15, -0.1) is 11.3 Å². The molecule has 1 aliphatic heterocycles. The molecule has 47 heavy (non-hydrogen) atoms. The molecule has 1 aliphatic carbocycles. The molecule has 2 aromatic carbocycles. The maximum absolute atomic E-state index is 13.3. The lowest BCUT2D eigenvalue weighted by Crippen LogP contribution is -2.46. The van der Waals surface area contributed by atoms with E-state index in [0.29, 0.717) is 17.2 Å². The predicted octanol–water partition coefficient (Wildman–Crippen LogP) is 6.99. The predicted molar refractivity (Wildman–Crippen MR) is 181 cm³/mol. The van der Waals surface area contributed by atoms with E-state index < -0.39 is 36.3 Å². The van der Waals surface area contributed by atoms with Gasteiger partial charge in [0.25, 0.3) is 17.7 Å². The Bertz CT molecular complexity index is 1790. The van der Waals surface area contributed by atoms with Gasteiger partial charge in [-0.05, 0) is 67.2 Å². The highest BCUT2D eigenvalue weighted by Crippen LogP contribution is 2.47. The molecule has 2 aliphatic rings. The molecule has 3 aromatic rings. The highest BCUT2D eigenvalue weighted by molar-refractivity contribution is 7.17. The Morgan fingerprint density at radius 3 is 2.32 bits per heavy atom. The second-order valence-corrected chi connectivity index (χ2v) is 13.6. The van der Waals surface area contributed by atoms with Crippen LogP contribution in [0, 0.1) is 17.2 Å². The molecule has 9 nitrogen and oxygen atoms in total. The number of carbonyl (C=O) groups excluding carboxylic acids is 4. The van der Waals surface area contributed by atoms with Gasteiger partial charge in [0, 0.05) is 15.9 Å². The molecule has 1 aromatic heterocycles. The maximum atomic E-state index is 13.3. The van der Waals surface area contributed by atoms with Crippen LogP contribution in [0.15, 0.2) is 60.2 Å². The molecular weight excluding hydrogens is 614 g/mol. The lowest BCUT2D eigenvalue weighted by Gasteiger charge is -2.29. The molecule has 0 fully saturated rings. The van der Waals surface area contributed by atoms with Gasteiger partial charge in [-0.2, -0.15) is 5.26 Å². The van der Waals surface area contributed by atoms with Crippen LogP contribution >= 0.6 is 11.3 Å². The van der Waals surface area contributed by atoms with Crippen molar-refractivity contribution in [2.45, 2.75) is 58.9 Å². The van der Waals surface area contributed by atoms with E-state index in [0.717, 1.165) is 38.6 Å². The summed E-state index contributed by atoms with van der Waals surface area (Å²) in [5, 5.41) is 13.3. The van der Waals surface area contributed by atoms with Gasteiger partial charge < -0.3 is 14.8 Å². The number of hydrogen-bond donors (Lipinski definition) is 1. The van der Waals surface area contributed by atoms with Crippen LogP contribution in [0.2, 0.25) is 0 Å². The Morgan fingerprint density at radius 1 is 1.06 bits per heavy atom. The van der Waals surface area contributed by atoms with Gasteiger partial charge in [-0.1, -0.05) is 64.1 Å². The summed E-state index contributed by atoms with van der Waals surface area (Å²) >= 11 is 1.33. The van der Waals surface area contributed by atoms with Crippen molar-refractivity contribution in [3.05, 3.63) is 92.9 Å². The molecule has 0 bridgehead atoms. The number of thiophene rings is 1. The molecule has 1 atom stereocenters. The average molecular weight is 652 g/mol. The molecule has 10 heteroatoms. The molecule has 0 unspecified atom stereocenters. The zero-order chi connectivity index (χ0) is 33.9. The van der Waals surface area contributed by atoms with Crippen LogP contribution in [-0.2, 0) is 19.7 Å². The van der Waals surface area contributed by atoms with E-state index in [9.17, 15) is 24.4 Å². The zero-order valence-corrected chi connectivity index (χ0v) is 27.9. The maximum Gasteiger partial charge on any atom is 0.329 e. The number of rotatable bonds is 11. The number of hydrogen-bond acceptors (Lipinski definition) is 8. The highest BCUT2D eigenvalue weighted by atomic mass is 32.1. The number of benzene rings is 2. The SMILES string of the molecule is CCOc1ccc(/C=C/C2=Cc3c(sc(NC(=O)COC(=O)[C@@H](CC(C)C)N4C(=O)c5ccccc5C4=O)c3C#N)C(C)(C)C2)cc1. The highest BCUT2D eigenvalue weighted by Gasteiger charge is 2.43. The minimum atomic E-state index is -1.18. The molecule has 242 valence electrons. The van der Waals surface area contributed by atoms with Crippen molar-refractivity contribution >= 4 is 52.2 Å². The first kappa shape index (κ1) is 33.4. The standard InChI is InChI=1S/C37H37N3O6S/c1-6-45-25-15-13-23(14-16-25)11-12-24-18-28-29(20-38)33(47-32(28)37(4,5)19-24)39-31(41)21-46-36(44)30(17-22(2)3)40-34(42)26-9-7-8-10-27(26)35(40)43/h7-16,18,22,30H,6,17,19,21H2,1-5H3,(H,39,41)/b12-11+/t30-/m1/s1. The first-order valence-corrected chi connectivity index (χ1v) is 16.4. The van der Waals surface area contributed by atoms with Gasteiger partial charge in [0.1, 0.15) is 22.9 Å². The first-order chi connectivity index (χ1) is 22.4. The Balaban J connectivity index is 1.29. The Hall–Kier alpha value is -5.01. The van der Waals surface area contributed by atoms with E-state index in [4.69, 9.17) is 9.47 Å². The molecule has 0 spiro atoms. The summed E-state index contributed by atoms with van der Waals surface area (Å²) in [6.45, 7) is 9.84. The van der Waals surface area contributed by atoms with E-state index in [-0.39, 0.29) is 28.9 Å². The Labute approximate surface area is 278 Å². The molecule has 5 rings (SSSR count). The number of anilines is 1. The van der Waals surface area contributed by atoms with Crippen LogP contribution in [0.3, 0.4) is 0 Å². The topological polar surface area (TPSA) is 126 Å². The number of fused-ring (bicyclic) bond motifs is 2. The van der Waals surface area contributed by atoms with Gasteiger partial charge in [0.15, 0.2) is 6.61 Å². The van der Waals surface area contributed by atoms with Crippen LogP contribution in [0.4, 0.5) is 5.00 Å². The van der Waals surface area contributed by atoms with Crippen LogP contribution < -0.4 is 10.1 Å². The van der Waals surface area contributed by atoms with Crippen LogP contribution in [0.5, 0.6) is 5.75 Å². The molecular formula is C37H37N3O6S. The van der Waals surface area contributed by atoms with Gasteiger partial charge in [-0.25, -0.2) is 4.79 Å².